The van der Waals surface area contributed by atoms with Crippen LogP contribution in [0.4, 0.5) is 0 Å². The molecule has 3 heteroatoms. The van der Waals surface area contributed by atoms with Crippen molar-refractivity contribution in [3.05, 3.63) is 26.8 Å². The van der Waals surface area contributed by atoms with Crippen molar-refractivity contribution in [1.29, 1.82) is 0 Å². The van der Waals surface area contributed by atoms with Crippen molar-refractivity contribution in [2.45, 2.75) is 19.8 Å². The van der Waals surface area contributed by atoms with Gasteiger partial charge >= 0.3 is 0 Å². The minimum atomic E-state index is 0.313. The first-order valence-corrected chi connectivity index (χ1v) is 5.14. The number of benzene rings is 1. The fraction of sp³-hybridized carbons (Fsp3) is 0.300. The predicted molar refractivity (Wildman–Crippen MR) is 59.9 cm³/mol. The summed E-state index contributed by atoms with van der Waals surface area (Å²) in [5, 5.41) is 9.37. The zero-order valence-corrected chi connectivity index (χ0v) is 9.54. The van der Waals surface area contributed by atoms with Crippen LogP contribution in [0.2, 0.25) is 0 Å². The van der Waals surface area contributed by atoms with Crippen LogP contribution in [0, 0.1) is 10.5 Å². The smallest absolute Gasteiger partial charge is 0.129 e. The molecule has 0 fully saturated rings. The second-order valence-electron chi connectivity index (χ2n) is 2.94. The van der Waals surface area contributed by atoms with Gasteiger partial charge in [0.05, 0.1) is 3.57 Å². The van der Waals surface area contributed by atoms with Crippen LogP contribution in [-0.2, 0) is 11.2 Å². The predicted octanol–water partition coefficient (Wildman–Crippen LogP) is 2.44. The molecule has 0 aromatic heterocycles. The molecule has 0 aliphatic rings. The average molecular weight is 290 g/mol. The molecular formula is C10H11IO2. The van der Waals surface area contributed by atoms with Crippen LogP contribution in [0.1, 0.15) is 17.5 Å². The highest BCUT2D eigenvalue weighted by atomic mass is 127. The Bertz CT molecular complexity index is 321. The van der Waals surface area contributed by atoms with Gasteiger partial charge in [0, 0.05) is 6.42 Å². The molecule has 0 radical (unpaired) electrons. The lowest BCUT2D eigenvalue weighted by Crippen LogP contribution is -1.91. The van der Waals surface area contributed by atoms with E-state index in [2.05, 4.69) is 22.6 Å². The van der Waals surface area contributed by atoms with Crippen LogP contribution in [-0.4, -0.2) is 11.4 Å². The molecule has 0 unspecified atom stereocenters. The molecule has 0 bridgehead atoms. The third kappa shape index (κ3) is 2.69. The van der Waals surface area contributed by atoms with Gasteiger partial charge in [0.15, 0.2) is 0 Å². The number of hydrogen-bond donors (Lipinski definition) is 1. The number of rotatable bonds is 3. The highest BCUT2D eigenvalue weighted by Gasteiger charge is 2.03. The molecule has 0 aliphatic carbocycles. The first-order valence-electron chi connectivity index (χ1n) is 4.06. The maximum Gasteiger partial charge on any atom is 0.129 e. The van der Waals surface area contributed by atoms with Gasteiger partial charge in [-0.15, -0.1) is 0 Å². The maximum atomic E-state index is 10.2. The van der Waals surface area contributed by atoms with Crippen LogP contribution in [0.3, 0.4) is 0 Å². The lowest BCUT2D eigenvalue weighted by atomic mass is 10.0. The number of aryl methyl sites for hydroxylation is 2. The highest BCUT2D eigenvalue weighted by molar-refractivity contribution is 14.1. The summed E-state index contributed by atoms with van der Waals surface area (Å²) in [6.07, 6.45) is 2.21. The molecule has 0 spiro atoms. The number of halogens is 1. The third-order valence-corrected chi connectivity index (χ3v) is 2.80. The SMILES string of the molecule is Cc1cc(O)c(I)cc1CCC=O. The highest BCUT2D eigenvalue weighted by Crippen LogP contribution is 2.24. The monoisotopic (exact) mass is 290 g/mol. The molecule has 1 aromatic carbocycles. The fourth-order valence-electron chi connectivity index (χ4n) is 1.19. The van der Waals surface area contributed by atoms with Gasteiger partial charge in [0.25, 0.3) is 0 Å². The first kappa shape index (κ1) is 10.5. The minimum absolute atomic E-state index is 0.313. The molecule has 0 saturated heterocycles. The van der Waals surface area contributed by atoms with Crippen molar-refractivity contribution < 1.29 is 9.90 Å². The quantitative estimate of drug-likeness (QED) is 0.686. The Morgan fingerprint density at radius 2 is 2.23 bits per heavy atom. The Balaban J connectivity index is 2.94. The summed E-state index contributed by atoms with van der Waals surface area (Å²) < 4.78 is 0.837. The molecule has 1 N–H and O–H groups in total. The summed E-state index contributed by atoms with van der Waals surface area (Å²) in [4.78, 5) is 10.2. The zero-order valence-electron chi connectivity index (χ0n) is 7.38. The van der Waals surface area contributed by atoms with Gasteiger partial charge in [-0.3, -0.25) is 0 Å². The van der Waals surface area contributed by atoms with E-state index in [9.17, 15) is 9.90 Å². The molecule has 0 amide bonds. The summed E-state index contributed by atoms with van der Waals surface area (Å²) in [5.74, 6) is 0.313. The molecule has 0 saturated carbocycles. The van der Waals surface area contributed by atoms with Crippen LogP contribution in [0.5, 0.6) is 5.75 Å². The number of aromatic hydroxyl groups is 1. The van der Waals surface area contributed by atoms with E-state index >= 15 is 0 Å². The van der Waals surface area contributed by atoms with Gasteiger partial charge in [-0.2, -0.15) is 0 Å². The topological polar surface area (TPSA) is 37.3 Å². The largest absolute Gasteiger partial charge is 0.507 e. The second-order valence-corrected chi connectivity index (χ2v) is 4.10. The molecular weight excluding hydrogens is 279 g/mol. The van der Waals surface area contributed by atoms with Gasteiger partial charge in [0.1, 0.15) is 12.0 Å². The van der Waals surface area contributed by atoms with Gasteiger partial charge < -0.3 is 9.90 Å². The molecule has 1 rings (SSSR count). The molecule has 0 aliphatic heterocycles. The van der Waals surface area contributed by atoms with Gasteiger partial charge in [-0.1, -0.05) is 0 Å². The Kier molecular flexibility index (Phi) is 3.71. The number of carbonyl (C=O) groups excluding carboxylic acids is 1. The van der Waals surface area contributed by atoms with Gasteiger partial charge in [-0.25, -0.2) is 0 Å². The van der Waals surface area contributed by atoms with E-state index in [-0.39, 0.29) is 0 Å². The van der Waals surface area contributed by atoms with Gasteiger partial charge in [-0.05, 0) is 59.2 Å². The summed E-state index contributed by atoms with van der Waals surface area (Å²) >= 11 is 2.08. The van der Waals surface area contributed by atoms with Crippen molar-refractivity contribution in [2.75, 3.05) is 0 Å². The third-order valence-electron chi connectivity index (χ3n) is 1.94. The summed E-state index contributed by atoms with van der Waals surface area (Å²) in [6, 6.07) is 3.66. The summed E-state index contributed by atoms with van der Waals surface area (Å²) in [5.41, 5.74) is 2.18. The zero-order chi connectivity index (χ0) is 9.84. The van der Waals surface area contributed by atoms with Crippen LogP contribution in [0.25, 0.3) is 0 Å². The molecule has 70 valence electrons. The number of carbonyl (C=O) groups is 1. The Hall–Kier alpha value is -0.580. The number of phenols is 1. The molecule has 1 aromatic rings. The van der Waals surface area contributed by atoms with Crippen LogP contribution < -0.4 is 0 Å². The van der Waals surface area contributed by atoms with Gasteiger partial charge in [0.2, 0.25) is 0 Å². The van der Waals surface area contributed by atoms with E-state index in [1.165, 1.54) is 0 Å². The van der Waals surface area contributed by atoms with E-state index in [4.69, 9.17) is 0 Å². The van der Waals surface area contributed by atoms with E-state index in [1.807, 2.05) is 13.0 Å². The van der Waals surface area contributed by atoms with Crippen LogP contribution in [0.15, 0.2) is 12.1 Å². The lowest BCUT2D eigenvalue weighted by molar-refractivity contribution is -0.107. The van der Waals surface area contributed by atoms with Crippen molar-refractivity contribution >= 4 is 28.9 Å². The van der Waals surface area contributed by atoms with E-state index in [0.717, 1.165) is 27.4 Å². The molecule has 2 nitrogen and oxygen atoms in total. The van der Waals surface area contributed by atoms with Crippen molar-refractivity contribution in [3.8, 4) is 5.75 Å². The maximum absolute atomic E-state index is 10.2. The fourth-order valence-corrected chi connectivity index (χ4v) is 1.72. The lowest BCUT2D eigenvalue weighted by Gasteiger charge is -2.05. The minimum Gasteiger partial charge on any atom is -0.507 e. The Morgan fingerprint density at radius 3 is 2.85 bits per heavy atom. The molecule has 0 atom stereocenters. The van der Waals surface area contributed by atoms with Crippen molar-refractivity contribution in [1.82, 2.24) is 0 Å². The average Bonchev–Trinajstić information content (AvgIpc) is 2.09. The summed E-state index contributed by atoms with van der Waals surface area (Å²) in [7, 11) is 0. The summed E-state index contributed by atoms with van der Waals surface area (Å²) in [6.45, 7) is 1.94. The number of hydrogen-bond acceptors (Lipinski definition) is 2. The Labute approximate surface area is 91.1 Å². The van der Waals surface area contributed by atoms with Crippen molar-refractivity contribution in [3.63, 3.8) is 0 Å². The molecule has 0 heterocycles. The molecule has 13 heavy (non-hydrogen) atoms. The van der Waals surface area contributed by atoms with E-state index < -0.39 is 0 Å². The van der Waals surface area contributed by atoms with E-state index in [1.54, 1.807) is 6.07 Å². The number of phenolic OH excluding ortho intramolecular Hbond substituents is 1. The standard InChI is InChI=1S/C10H11IO2/c1-7-5-10(13)9(11)6-8(7)3-2-4-12/h4-6,13H,2-3H2,1H3. The Morgan fingerprint density at radius 1 is 1.54 bits per heavy atom. The van der Waals surface area contributed by atoms with E-state index in [0.29, 0.717) is 12.2 Å². The second kappa shape index (κ2) is 4.60. The van der Waals surface area contributed by atoms with Crippen molar-refractivity contribution in [2.24, 2.45) is 0 Å². The normalized spacial score (nSPS) is 10.0. The van der Waals surface area contributed by atoms with Crippen LogP contribution >= 0.6 is 22.6 Å². The first-order chi connectivity index (χ1) is 6.15. The number of aldehydes is 1.